The molecule has 2 rings (SSSR count). The molecule has 0 saturated heterocycles. The Labute approximate surface area is 133 Å². The van der Waals surface area contributed by atoms with Crippen molar-refractivity contribution in [1.82, 2.24) is 0 Å². The van der Waals surface area contributed by atoms with Crippen molar-refractivity contribution in [2.24, 2.45) is 34.5 Å². The second-order valence-corrected chi connectivity index (χ2v) is 9.06. The SMILES string of the molecule is C=C(C)C1(C)CCC(C2(C)CCC(C)CC2C)CC1CC. The van der Waals surface area contributed by atoms with E-state index in [1.54, 1.807) is 0 Å². The third-order valence-electron chi connectivity index (χ3n) is 7.94. The van der Waals surface area contributed by atoms with E-state index in [0.717, 1.165) is 23.7 Å². The normalized spacial score (nSPS) is 48.1. The Kier molecular flexibility index (Phi) is 4.96. The van der Waals surface area contributed by atoms with Crippen molar-refractivity contribution in [3.8, 4) is 0 Å². The molecule has 0 spiro atoms. The highest BCUT2D eigenvalue weighted by atomic mass is 14.5. The first-order valence-electron chi connectivity index (χ1n) is 9.40. The van der Waals surface area contributed by atoms with Crippen LogP contribution in [0.25, 0.3) is 0 Å². The van der Waals surface area contributed by atoms with Crippen molar-refractivity contribution in [1.29, 1.82) is 0 Å². The first kappa shape index (κ1) is 17.1. The molecule has 6 unspecified atom stereocenters. The molecule has 122 valence electrons. The summed E-state index contributed by atoms with van der Waals surface area (Å²) in [5.74, 6) is 3.63. The maximum atomic E-state index is 4.33. The van der Waals surface area contributed by atoms with E-state index < -0.39 is 0 Å². The summed E-state index contributed by atoms with van der Waals surface area (Å²) in [5.41, 5.74) is 2.41. The molecule has 0 nitrogen and oxygen atoms in total. The maximum absolute atomic E-state index is 4.33. The lowest BCUT2D eigenvalue weighted by molar-refractivity contribution is -0.0242. The van der Waals surface area contributed by atoms with Gasteiger partial charge in [-0.05, 0) is 73.5 Å². The zero-order chi connectivity index (χ0) is 15.8. The molecule has 0 bridgehead atoms. The quantitative estimate of drug-likeness (QED) is 0.498. The summed E-state index contributed by atoms with van der Waals surface area (Å²) < 4.78 is 0. The van der Waals surface area contributed by atoms with Gasteiger partial charge in [0.1, 0.15) is 0 Å². The molecule has 0 radical (unpaired) electrons. The zero-order valence-electron chi connectivity index (χ0n) is 15.5. The highest BCUT2D eigenvalue weighted by molar-refractivity contribution is 5.11. The third kappa shape index (κ3) is 2.97. The van der Waals surface area contributed by atoms with Gasteiger partial charge in [-0.3, -0.25) is 0 Å². The van der Waals surface area contributed by atoms with Crippen LogP contribution in [0.3, 0.4) is 0 Å². The van der Waals surface area contributed by atoms with Crippen LogP contribution >= 0.6 is 0 Å². The Morgan fingerprint density at radius 1 is 1.10 bits per heavy atom. The van der Waals surface area contributed by atoms with Gasteiger partial charge in [0.25, 0.3) is 0 Å². The minimum absolute atomic E-state index is 0.396. The van der Waals surface area contributed by atoms with Gasteiger partial charge in [-0.2, -0.15) is 0 Å². The molecule has 2 aliphatic rings. The molecule has 2 fully saturated rings. The Bertz CT molecular complexity index is 381. The Hall–Kier alpha value is -0.260. The van der Waals surface area contributed by atoms with Gasteiger partial charge in [-0.1, -0.05) is 59.6 Å². The average molecular weight is 291 g/mol. The minimum Gasteiger partial charge on any atom is -0.0996 e. The highest BCUT2D eigenvalue weighted by Crippen LogP contribution is 2.58. The van der Waals surface area contributed by atoms with Gasteiger partial charge in [-0.15, -0.1) is 0 Å². The van der Waals surface area contributed by atoms with Crippen LogP contribution in [-0.2, 0) is 0 Å². The van der Waals surface area contributed by atoms with Gasteiger partial charge in [0.15, 0.2) is 0 Å². The average Bonchev–Trinajstić information content (AvgIpc) is 2.43. The van der Waals surface area contributed by atoms with Crippen LogP contribution in [0.5, 0.6) is 0 Å². The molecule has 2 aliphatic carbocycles. The monoisotopic (exact) mass is 290 g/mol. The van der Waals surface area contributed by atoms with E-state index in [1.807, 2.05) is 0 Å². The Morgan fingerprint density at radius 3 is 2.29 bits per heavy atom. The molecule has 0 N–H and O–H groups in total. The van der Waals surface area contributed by atoms with Crippen LogP contribution in [-0.4, -0.2) is 0 Å². The lowest BCUT2D eigenvalue weighted by atomic mass is 9.51. The number of rotatable bonds is 3. The Balaban J connectivity index is 2.15. The standard InChI is InChI=1S/C21H38/c1-8-18-14-19(10-12-20(18,6)15(2)3)21(7)11-9-16(4)13-17(21)5/h16-19H,2,8-14H2,1,3-7H3. The lowest BCUT2D eigenvalue weighted by Gasteiger charge is -2.54. The largest absolute Gasteiger partial charge is 0.0996 e. The van der Waals surface area contributed by atoms with Crippen molar-refractivity contribution in [2.45, 2.75) is 86.5 Å². The fourth-order valence-electron chi connectivity index (χ4n) is 5.58. The summed E-state index contributed by atoms with van der Waals surface area (Å²) in [6.45, 7) is 19.1. The van der Waals surface area contributed by atoms with E-state index in [0.29, 0.717) is 10.8 Å². The molecule has 2 saturated carbocycles. The van der Waals surface area contributed by atoms with Gasteiger partial charge >= 0.3 is 0 Å². The van der Waals surface area contributed by atoms with E-state index in [4.69, 9.17) is 0 Å². The van der Waals surface area contributed by atoms with Crippen LogP contribution in [0.2, 0.25) is 0 Å². The zero-order valence-corrected chi connectivity index (χ0v) is 15.5. The van der Waals surface area contributed by atoms with E-state index in [1.165, 1.54) is 50.5 Å². The maximum Gasteiger partial charge on any atom is -0.00935 e. The first-order valence-corrected chi connectivity index (χ1v) is 9.40. The number of allylic oxidation sites excluding steroid dienone is 1. The molecule has 0 aliphatic heterocycles. The molecule has 0 amide bonds. The first-order chi connectivity index (χ1) is 9.74. The van der Waals surface area contributed by atoms with Gasteiger partial charge in [0.05, 0.1) is 0 Å². The summed E-state index contributed by atoms with van der Waals surface area (Å²) in [4.78, 5) is 0. The van der Waals surface area contributed by atoms with Crippen molar-refractivity contribution in [3.05, 3.63) is 12.2 Å². The molecular formula is C21H38. The molecule has 0 heteroatoms. The van der Waals surface area contributed by atoms with Crippen LogP contribution in [0.15, 0.2) is 12.2 Å². The summed E-state index contributed by atoms with van der Waals surface area (Å²) in [7, 11) is 0. The number of hydrogen-bond acceptors (Lipinski definition) is 0. The van der Waals surface area contributed by atoms with Gasteiger partial charge < -0.3 is 0 Å². The summed E-state index contributed by atoms with van der Waals surface area (Å²) in [6, 6.07) is 0. The summed E-state index contributed by atoms with van der Waals surface area (Å²) in [6.07, 6.45) is 9.90. The summed E-state index contributed by atoms with van der Waals surface area (Å²) in [5, 5.41) is 0. The molecule has 6 atom stereocenters. The fourth-order valence-corrected chi connectivity index (χ4v) is 5.58. The van der Waals surface area contributed by atoms with Crippen LogP contribution < -0.4 is 0 Å². The second-order valence-electron chi connectivity index (χ2n) is 9.06. The number of hydrogen-bond donors (Lipinski definition) is 0. The van der Waals surface area contributed by atoms with Crippen molar-refractivity contribution < 1.29 is 0 Å². The highest BCUT2D eigenvalue weighted by Gasteiger charge is 2.48. The van der Waals surface area contributed by atoms with Crippen molar-refractivity contribution >= 4 is 0 Å². The smallest absolute Gasteiger partial charge is 0.00935 e. The van der Waals surface area contributed by atoms with Crippen LogP contribution in [0, 0.1) is 34.5 Å². The molecule has 0 aromatic rings. The molecule has 21 heavy (non-hydrogen) atoms. The van der Waals surface area contributed by atoms with E-state index in [9.17, 15) is 0 Å². The van der Waals surface area contributed by atoms with Crippen molar-refractivity contribution in [3.63, 3.8) is 0 Å². The summed E-state index contributed by atoms with van der Waals surface area (Å²) >= 11 is 0. The predicted octanol–water partition coefficient (Wildman–Crippen LogP) is 6.86. The molecule has 0 aromatic carbocycles. The van der Waals surface area contributed by atoms with Gasteiger partial charge in [-0.25, -0.2) is 0 Å². The molecular weight excluding hydrogens is 252 g/mol. The van der Waals surface area contributed by atoms with E-state index >= 15 is 0 Å². The van der Waals surface area contributed by atoms with E-state index in [2.05, 4.69) is 48.1 Å². The van der Waals surface area contributed by atoms with Crippen LogP contribution in [0.4, 0.5) is 0 Å². The van der Waals surface area contributed by atoms with E-state index in [-0.39, 0.29) is 0 Å². The Morgan fingerprint density at radius 2 is 1.76 bits per heavy atom. The van der Waals surface area contributed by atoms with Gasteiger partial charge in [0, 0.05) is 0 Å². The van der Waals surface area contributed by atoms with Crippen molar-refractivity contribution in [2.75, 3.05) is 0 Å². The lowest BCUT2D eigenvalue weighted by Crippen LogP contribution is -2.44. The topological polar surface area (TPSA) is 0 Å². The molecule has 0 aromatic heterocycles. The van der Waals surface area contributed by atoms with Crippen LogP contribution in [0.1, 0.15) is 86.5 Å². The minimum atomic E-state index is 0.396. The predicted molar refractivity (Wildman–Crippen MR) is 94.3 cm³/mol. The third-order valence-corrected chi connectivity index (χ3v) is 7.94. The fraction of sp³-hybridized carbons (Fsp3) is 0.905. The second kappa shape index (κ2) is 6.09. The molecule has 0 heterocycles. The van der Waals surface area contributed by atoms with Gasteiger partial charge in [0.2, 0.25) is 0 Å².